The maximum absolute atomic E-state index is 11.3. The summed E-state index contributed by atoms with van der Waals surface area (Å²) < 4.78 is 0. The topological polar surface area (TPSA) is 17.1 Å². The summed E-state index contributed by atoms with van der Waals surface area (Å²) in [5.74, 6) is 3.62. The van der Waals surface area contributed by atoms with E-state index in [1.54, 1.807) is 0 Å². The van der Waals surface area contributed by atoms with Gasteiger partial charge in [0.15, 0.2) is 0 Å². The van der Waals surface area contributed by atoms with Crippen LogP contribution in [0.4, 0.5) is 0 Å². The second-order valence-corrected chi connectivity index (χ2v) is 5.77. The van der Waals surface area contributed by atoms with Crippen LogP contribution in [0, 0.1) is 29.1 Å². The highest BCUT2D eigenvalue weighted by molar-refractivity contribution is 5.61. The number of hydrogen-bond acceptors (Lipinski definition) is 1. The van der Waals surface area contributed by atoms with Crippen LogP contribution in [0.5, 0.6) is 0 Å². The van der Waals surface area contributed by atoms with Crippen LogP contribution in [0.25, 0.3) is 0 Å². The second kappa shape index (κ2) is 2.84. The van der Waals surface area contributed by atoms with Gasteiger partial charge >= 0.3 is 0 Å². The molecule has 3 aliphatic rings. The maximum atomic E-state index is 11.3. The lowest BCUT2D eigenvalue weighted by molar-refractivity contribution is -0.121. The first kappa shape index (κ1) is 8.94. The zero-order valence-corrected chi connectivity index (χ0v) is 9.04. The van der Waals surface area contributed by atoms with Gasteiger partial charge in [0.2, 0.25) is 0 Å². The smallest absolute Gasteiger partial charge is 0.126 e. The minimum atomic E-state index is 0.107. The van der Waals surface area contributed by atoms with E-state index in [-0.39, 0.29) is 5.41 Å². The molecule has 1 heteroatoms. The van der Waals surface area contributed by atoms with Crippen LogP contribution in [-0.2, 0) is 4.79 Å². The van der Waals surface area contributed by atoms with Gasteiger partial charge in [-0.25, -0.2) is 0 Å². The fraction of sp³-hybridized carbons (Fsp3) is 0.923. The summed E-state index contributed by atoms with van der Waals surface area (Å²) in [6, 6.07) is 0. The van der Waals surface area contributed by atoms with Crippen LogP contribution in [0.1, 0.15) is 45.4 Å². The van der Waals surface area contributed by atoms with Crippen LogP contribution in [0.15, 0.2) is 0 Å². The predicted octanol–water partition coefficient (Wildman–Crippen LogP) is 3.04. The first-order chi connectivity index (χ1) is 6.80. The summed E-state index contributed by atoms with van der Waals surface area (Å²) in [5.41, 5.74) is 0.107. The van der Waals surface area contributed by atoms with Gasteiger partial charge in [0.25, 0.3) is 0 Å². The highest BCUT2D eigenvalue weighted by Crippen LogP contribution is 2.65. The molecule has 3 saturated carbocycles. The zero-order valence-electron chi connectivity index (χ0n) is 9.04. The molecule has 0 heterocycles. The molecule has 5 atom stereocenters. The first-order valence-electron chi connectivity index (χ1n) is 6.27. The molecule has 2 bridgehead atoms. The van der Waals surface area contributed by atoms with E-state index >= 15 is 0 Å². The number of hydrogen-bond donors (Lipinski definition) is 0. The second-order valence-electron chi connectivity index (χ2n) is 5.77. The molecule has 3 aliphatic carbocycles. The third-order valence-electron chi connectivity index (χ3n) is 5.58. The third kappa shape index (κ3) is 0.888. The van der Waals surface area contributed by atoms with Gasteiger partial charge in [-0.15, -0.1) is 0 Å². The van der Waals surface area contributed by atoms with E-state index < -0.39 is 0 Å². The van der Waals surface area contributed by atoms with Gasteiger partial charge in [-0.3, -0.25) is 0 Å². The van der Waals surface area contributed by atoms with E-state index in [4.69, 9.17) is 0 Å². The largest absolute Gasteiger partial charge is 0.303 e. The monoisotopic (exact) mass is 192 g/mol. The van der Waals surface area contributed by atoms with Crippen molar-refractivity contribution >= 4 is 6.29 Å². The maximum Gasteiger partial charge on any atom is 0.126 e. The van der Waals surface area contributed by atoms with Crippen molar-refractivity contribution in [2.24, 2.45) is 29.1 Å². The molecule has 0 N–H and O–H groups in total. The van der Waals surface area contributed by atoms with Gasteiger partial charge in [0, 0.05) is 5.41 Å². The van der Waals surface area contributed by atoms with Crippen molar-refractivity contribution in [1.82, 2.24) is 0 Å². The standard InChI is InChI=1S/C13H20O/c1-2-13(8-14)7-9-6-12(13)11-5-3-4-10(9)11/h8-12H,2-7H2,1H3. The molecule has 0 radical (unpaired) electrons. The van der Waals surface area contributed by atoms with E-state index in [0.29, 0.717) is 0 Å². The Morgan fingerprint density at radius 1 is 1.36 bits per heavy atom. The molecule has 14 heavy (non-hydrogen) atoms. The molecule has 78 valence electrons. The zero-order chi connectivity index (χ0) is 9.76. The minimum Gasteiger partial charge on any atom is -0.303 e. The lowest BCUT2D eigenvalue weighted by Gasteiger charge is -2.38. The molecule has 1 nitrogen and oxygen atoms in total. The quantitative estimate of drug-likeness (QED) is 0.615. The van der Waals surface area contributed by atoms with Crippen molar-refractivity contribution < 1.29 is 4.79 Å². The van der Waals surface area contributed by atoms with Crippen molar-refractivity contribution in [3.05, 3.63) is 0 Å². The van der Waals surface area contributed by atoms with E-state index in [0.717, 1.165) is 30.1 Å². The lowest BCUT2D eigenvalue weighted by Crippen LogP contribution is -2.36. The molecule has 0 aromatic rings. The van der Waals surface area contributed by atoms with Gasteiger partial charge in [-0.05, 0) is 55.8 Å². The first-order valence-corrected chi connectivity index (χ1v) is 6.27. The van der Waals surface area contributed by atoms with Gasteiger partial charge in [0.05, 0.1) is 0 Å². The fourth-order valence-electron chi connectivity index (χ4n) is 4.94. The van der Waals surface area contributed by atoms with Crippen LogP contribution < -0.4 is 0 Å². The van der Waals surface area contributed by atoms with Gasteiger partial charge in [0.1, 0.15) is 6.29 Å². The van der Waals surface area contributed by atoms with E-state index in [1.165, 1.54) is 38.4 Å². The van der Waals surface area contributed by atoms with Crippen LogP contribution in [-0.4, -0.2) is 6.29 Å². The Bertz CT molecular complexity index is 260. The van der Waals surface area contributed by atoms with E-state index in [2.05, 4.69) is 6.92 Å². The molecule has 5 unspecified atom stereocenters. The number of carbonyl (C=O) groups is 1. The molecule has 0 amide bonds. The average Bonchev–Trinajstić information content (AvgIpc) is 2.88. The van der Waals surface area contributed by atoms with Crippen LogP contribution in [0.3, 0.4) is 0 Å². The molecule has 0 aromatic heterocycles. The molecule has 3 fully saturated rings. The summed E-state index contributed by atoms with van der Waals surface area (Å²) in [6.07, 6.45) is 9.31. The Morgan fingerprint density at radius 3 is 2.86 bits per heavy atom. The average molecular weight is 192 g/mol. The van der Waals surface area contributed by atoms with Gasteiger partial charge in [-0.2, -0.15) is 0 Å². The molecular formula is C13H20O. The van der Waals surface area contributed by atoms with Crippen molar-refractivity contribution in [2.75, 3.05) is 0 Å². The molecule has 0 saturated heterocycles. The Hall–Kier alpha value is -0.330. The molecule has 0 spiro atoms. The number of fused-ring (bicyclic) bond motifs is 5. The number of carbonyl (C=O) groups excluding carboxylic acids is 1. The van der Waals surface area contributed by atoms with E-state index in [1.807, 2.05) is 0 Å². The Kier molecular flexibility index (Phi) is 1.81. The minimum absolute atomic E-state index is 0.107. The van der Waals surface area contributed by atoms with Gasteiger partial charge < -0.3 is 4.79 Å². The highest BCUT2D eigenvalue weighted by atomic mass is 16.1. The number of rotatable bonds is 2. The van der Waals surface area contributed by atoms with Crippen molar-refractivity contribution in [3.63, 3.8) is 0 Å². The summed E-state index contributed by atoms with van der Waals surface area (Å²) >= 11 is 0. The number of aldehydes is 1. The summed E-state index contributed by atoms with van der Waals surface area (Å²) in [4.78, 5) is 11.3. The van der Waals surface area contributed by atoms with E-state index in [9.17, 15) is 4.79 Å². The normalized spacial score (nSPS) is 54.9. The predicted molar refractivity (Wildman–Crippen MR) is 55.8 cm³/mol. The van der Waals surface area contributed by atoms with Crippen LogP contribution in [0.2, 0.25) is 0 Å². The SMILES string of the molecule is CCC1(C=O)CC2CC1C1CCCC21. The Morgan fingerprint density at radius 2 is 2.14 bits per heavy atom. The summed E-state index contributed by atoms with van der Waals surface area (Å²) in [7, 11) is 0. The Labute approximate surface area is 86.3 Å². The summed E-state index contributed by atoms with van der Waals surface area (Å²) in [6.45, 7) is 2.21. The molecule has 0 aromatic carbocycles. The van der Waals surface area contributed by atoms with Crippen LogP contribution >= 0.6 is 0 Å². The highest BCUT2D eigenvalue weighted by Gasteiger charge is 2.59. The summed E-state index contributed by atoms with van der Waals surface area (Å²) in [5, 5.41) is 0. The van der Waals surface area contributed by atoms with Crippen molar-refractivity contribution in [1.29, 1.82) is 0 Å². The van der Waals surface area contributed by atoms with Gasteiger partial charge in [-0.1, -0.05) is 13.3 Å². The molecule has 0 aliphatic heterocycles. The van der Waals surface area contributed by atoms with Crippen molar-refractivity contribution in [3.8, 4) is 0 Å². The third-order valence-corrected chi connectivity index (χ3v) is 5.58. The molecular weight excluding hydrogens is 172 g/mol. The van der Waals surface area contributed by atoms with Crippen molar-refractivity contribution in [2.45, 2.75) is 45.4 Å². The molecule has 3 rings (SSSR count). The lowest BCUT2D eigenvalue weighted by atomic mass is 9.65. The Balaban J connectivity index is 1.92. The fourth-order valence-corrected chi connectivity index (χ4v) is 4.94.